The summed E-state index contributed by atoms with van der Waals surface area (Å²) in [6, 6.07) is 4.92. The number of anilines is 1. The van der Waals surface area contributed by atoms with Crippen LogP contribution >= 0.6 is 15.9 Å². The molecule has 0 atom stereocenters. The fraction of sp³-hybridized carbons (Fsp3) is 0.200. The third-order valence-corrected chi connectivity index (χ3v) is 3.08. The van der Waals surface area contributed by atoms with Crippen LogP contribution in [0.15, 0.2) is 22.7 Å². The molecule has 5 nitrogen and oxygen atoms in total. The summed E-state index contributed by atoms with van der Waals surface area (Å²) in [5, 5.41) is 2.47. The number of amides is 3. The van der Waals surface area contributed by atoms with E-state index in [1.54, 1.807) is 18.2 Å². The van der Waals surface area contributed by atoms with E-state index in [9.17, 15) is 9.59 Å². The average molecular weight is 284 g/mol. The van der Waals surface area contributed by atoms with Crippen LogP contribution < -0.4 is 11.1 Å². The Kier molecular flexibility index (Phi) is 2.82. The van der Waals surface area contributed by atoms with E-state index in [2.05, 4.69) is 21.2 Å². The number of urea groups is 1. The number of carbonyl (C=O) groups excluding carboxylic acids is 2. The number of nitrogens with one attached hydrogen (secondary N) is 1. The standard InChI is InChI=1S/C10H10BrN3O2/c11-8-3-7(12)2-1-6(8)5-14-9(15)4-13-10(14)16/h1-3H,4-5,12H2,(H,13,16). The van der Waals surface area contributed by atoms with Gasteiger partial charge in [0.25, 0.3) is 0 Å². The van der Waals surface area contributed by atoms with E-state index in [-0.39, 0.29) is 25.0 Å². The van der Waals surface area contributed by atoms with Gasteiger partial charge < -0.3 is 11.1 Å². The Morgan fingerprint density at radius 1 is 1.44 bits per heavy atom. The number of halogens is 1. The van der Waals surface area contributed by atoms with Crippen molar-refractivity contribution in [3.63, 3.8) is 0 Å². The van der Waals surface area contributed by atoms with Crippen molar-refractivity contribution >= 4 is 33.6 Å². The Hall–Kier alpha value is -1.56. The number of hydrogen-bond donors (Lipinski definition) is 2. The van der Waals surface area contributed by atoms with E-state index < -0.39 is 0 Å². The van der Waals surface area contributed by atoms with Crippen molar-refractivity contribution in [2.24, 2.45) is 0 Å². The molecule has 1 aliphatic heterocycles. The second-order valence-corrected chi connectivity index (χ2v) is 4.34. The highest BCUT2D eigenvalue weighted by Crippen LogP contribution is 2.22. The van der Waals surface area contributed by atoms with Gasteiger partial charge in [-0.1, -0.05) is 22.0 Å². The number of imide groups is 1. The molecule has 16 heavy (non-hydrogen) atoms. The molecule has 1 fully saturated rings. The van der Waals surface area contributed by atoms with Gasteiger partial charge in [-0.05, 0) is 17.7 Å². The lowest BCUT2D eigenvalue weighted by Gasteiger charge is -2.13. The molecule has 3 amide bonds. The van der Waals surface area contributed by atoms with Gasteiger partial charge >= 0.3 is 6.03 Å². The molecule has 1 aliphatic rings. The Morgan fingerprint density at radius 3 is 2.75 bits per heavy atom. The van der Waals surface area contributed by atoms with Gasteiger partial charge in [0.15, 0.2) is 0 Å². The average Bonchev–Trinajstić information content (AvgIpc) is 2.53. The van der Waals surface area contributed by atoms with Crippen molar-refractivity contribution in [3.8, 4) is 0 Å². The van der Waals surface area contributed by atoms with E-state index >= 15 is 0 Å². The van der Waals surface area contributed by atoms with E-state index in [1.165, 1.54) is 4.90 Å². The van der Waals surface area contributed by atoms with Crippen LogP contribution in [-0.4, -0.2) is 23.4 Å². The van der Waals surface area contributed by atoms with Gasteiger partial charge in [-0.3, -0.25) is 9.69 Å². The minimum atomic E-state index is -0.353. The van der Waals surface area contributed by atoms with Crippen molar-refractivity contribution in [1.29, 1.82) is 0 Å². The molecule has 0 spiro atoms. The SMILES string of the molecule is Nc1ccc(CN2C(=O)CNC2=O)c(Br)c1. The molecule has 3 N–H and O–H groups in total. The molecule has 0 bridgehead atoms. The quantitative estimate of drug-likeness (QED) is 0.630. The first kappa shape index (κ1) is 10.9. The predicted octanol–water partition coefficient (Wildman–Crippen LogP) is 1.08. The number of nitrogen functional groups attached to an aromatic ring is 1. The molecule has 2 rings (SSSR count). The van der Waals surface area contributed by atoms with Crippen molar-refractivity contribution in [2.45, 2.75) is 6.54 Å². The molecule has 1 saturated heterocycles. The van der Waals surface area contributed by atoms with Gasteiger partial charge in [0.05, 0.1) is 13.1 Å². The van der Waals surface area contributed by atoms with E-state index in [0.717, 1.165) is 10.0 Å². The van der Waals surface area contributed by atoms with Crippen LogP contribution in [0.2, 0.25) is 0 Å². The van der Waals surface area contributed by atoms with Crippen LogP contribution in [0, 0.1) is 0 Å². The molecule has 1 heterocycles. The Morgan fingerprint density at radius 2 is 2.19 bits per heavy atom. The Labute approximate surface area is 101 Å². The van der Waals surface area contributed by atoms with Gasteiger partial charge in [0.2, 0.25) is 5.91 Å². The fourth-order valence-electron chi connectivity index (χ4n) is 1.48. The zero-order valence-electron chi connectivity index (χ0n) is 8.37. The van der Waals surface area contributed by atoms with Crippen LogP contribution in [0.25, 0.3) is 0 Å². The van der Waals surface area contributed by atoms with E-state index in [1.807, 2.05) is 0 Å². The van der Waals surface area contributed by atoms with E-state index in [4.69, 9.17) is 5.73 Å². The molecule has 1 aromatic rings. The molecule has 0 radical (unpaired) electrons. The molecule has 0 aliphatic carbocycles. The Bertz CT molecular complexity index is 445. The lowest BCUT2D eigenvalue weighted by molar-refractivity contribution is -0.125. The maximum Gasteiger partial charge on any atom is 0.324 e. The summed E-state index contributed by atoms with van der Waals surface area (Å²) in [6.45, 7) is 0.330. The second kappa shape index (κ2) is 4.13. The summed E-state index contributed by atoms with van der Waals surface area (Å²) >= 11 is 3.34. The smallest absolute Gasteiger partial charge is 0.324 e. The normalized spacial score (nSPS) is 15.4. The summed E-state index contributed by atoms with van der Waals surface area (Å²) in [4.78, 5) is 23.9. The second-order valence-electron chi connectivity index (χ2n) is 3.49. The first-order chi connectivity index (χ1) is 7.58. The summed E-state index contributed by atoms with van der Waals surface area (Å²) in [7, 11) is 0. The van der Waals surface area contributed by atoms with Gasteiger partial charge in [-0.2, -0.15) is 0 Å². The number of benzene rings is 1. The minimum absolute atomic E-state index is 0.0748. The first-order valence-electron chi connectivity index (χ1n) is 4.70. The van der Waals surface area contributed by atoms with Crippen LogP contribution in [0.1, 0.15) is 5.56 Å². The number of hydrogen-bond acceptors (Lipinski definition) is 3. The van der Waals surface area contributed by atoms with Crippen molar-refractivity contribution < 1.29 is 9.59 Å². The number of nitrogens with zero attached hydrogens (tertiary/aromatic N) is 1. The Balaban J connectivity index is 2.20. The molecular formula is C10H10BrN3O2. The molecular weight excluding hydrogens is 274 g/mol. The van der Waals surface area contributed by atoms with Crippen LogP contribution in [-0.2, 0) is 11.3 Å². The predicted molar refractivity (Wildman–Crippen MR) is 62.5 cm³/mol. The zero-order chi connectivity index (χ0) is 11.7. The largest absolute Gasteiger partial charge is 0.399 e. The van der Waals surface area contributed by atoms with Gasteiger partial charge in [0.1, 0.15) is 0 Å². The van der Waals surface area contributed by atoms with Gasteiger partial charge in [-0.15, -0.1) is 0 Å². The summed E-state index contributed by atoms with van der Waals surface area (Å²) < 4.78 is 0.792. The molecule has 0 saturated carbocycles. The van der Waals surface area contributed by atoms with E-state index in [0.29, 0.717) is 5.69 Å². The molecule has 84 valence electrons. The number of nitrogens with two attached hydrogens (primary N) is 1. The highest BCUT2D eigenvalue weighted by molar-refractivity contribution is 9.10. The minimum Gasteiger partial charge on any atom is -0.399 e. The van der Waals surface area contributed by atoms with Crippen LogP contribution in [0.3, 0.4) is 0 Å². The molecule has 1 aromatic carbocycles. The maximum absolute atomic E-state index is 11.4. The van der Waals surface area contributed by atoms with Gasteiger partial charge in [0, 0.05) is 10.2 Å². The highest BCUT2D eigenvalue weighted by atomic mass is 79.9. The molecule has 0 unspecified atom stereocenters. The van der Waals surface area contributed by atoms with Gasteiger partial charge in [-0.25, -0.2) is 4.79 Å². The third-order valence-electron chi connectivity index (χ3n) is 2.34. The number of carbonyl (C=O) groups is 2. The zero-order valence-corrected chi connectivity index (χ0v) is 9.95. The first-order valence-corrected chi connectivity index (χ1v) is 5.49. The lowest BCUT2D eigenvalue weighted by atomic mass is 10.2. The summed E-state index contributed by atoms with van der Waals surface area (Å²) in [5.74, 6) is -0.214. The van der Waals surface area contributed by atoms with Crippen LogP contribution in [0.5, 0.6) is 0 Å². The molecule has 6 heteroatoms. The fourth-order valence-corrected chi connectivity index (χ4v) is 2.00. The third kappa shape index (κ3) is 2.01. The summed E-state index contributed by atoms with van der Waals surface area (Å²) in [5.41, 5.74) is 7.08. The topological polar surface area (TPSA) is 75.4 Å². The molecule has 0 aromatic heterocycles. The number of rotatable bonds is 2. The van der Waals surface area contributed by atoms with Crippen LogP contribution in [0.4, 0.5) is 10.5 Å². The summed E-state index contributed by atoms with van der Waals surface area (Å²) in [6.07, 6.45) is 0. The van der Waals surface area contributed by atoms with Crippen molar-refractivity contribution in [2.75, 3.05) is 12.3 Å². The monoisotopic (exact) mass is 283 g/mol. The highest BCUT2D eigenvalue weighted by Gasteiger charge is 2.28. The van der Waals surface area contributed by atoms with Crippen molar-refractivity contribution in [3.05, 3.63) is 28.2 Å². The lowest BCUT2D eigenvalue weighted by Crippen LogP contribution is -2.30. The maximum atomic E-state index is 11.4. The van der Waals surface area contributed by atoms with Crippen molar-refractivity contribution in [1.82, 2.24) is 10.2 Å².